The van der Waals surface area contributed by atoms with Gasteiger partial charge in [0.1, 0.15) is 6.10 Å². The van der Waals surface area contributed by atoms with Gasteiger partial charge in [0.15, 0.2) is 15.0 Å². The van der Waals surface area contributed by atoms with Gasteiger partial charge in [0.2, 0.25) is 0 Å². The summed E-state index contributed by atoms with van der Waals surface area (Å²) in [5, 5.41) is 30.6. The predicted molar refractivity (Wildman–Crippen MR) is 80.3 cm³/mol. The van der Waals surface area contributed by atoms with E-state index in [2.05, 4.69) is 0 Å². The number of rotatable bonds is 6. The van der Waals surface area contributed by atoms with Crippen molar-refractivity contribution >= 4 is 32.4 Å². The SMILES string of the molecule is CC(=O)SCC(O)C(O)c1ccc(S(C)(=O)=O)cc1[N+](=O)[O-]. The number of benzene rings is 1. The zero-order valence-electron chi connectivity index (χ0n) is 11.8. The van der Waals surface area contributed by atoms with Crippen molar-refractivity contribution in [3.63, 3.8) is 0 Å². The van der Waals surface area contributed by atoms with Gasteiger partial charge in [-0.3, -0.25) is 14.9 Å². The molecule has 1 rings (SSSR count). The summed E-state index contributed by atoms with van der Waals surface area (Å²) in [5.41, 5.74) is -0.823. The lowest BCUT2D eigenvalue weighted by molar-refractivity contribution is -0.386. The van der Waals surface area contributed by atoms with Gasteiger partial charge in [-0.15, -0.1) is 0 Å². The molecule has 0 aromatic heterocycles. The Kier molecular flexibility index (Phi) is 6.06. The van der Waals surface area contributed by atoms with Crippen LogP contribution in [0.3, 0.4) is 0 Å². The van der Waals surface area contributed by atoms with Crippen molar-refractivity contribution in [1.29, 1.82) is 0 Å². The molecular formula is C12H15NO7S2. The van der Waals surface area contributed by atoms with Gasteiger partial charge >= 0.3 is 0 Å². The van der Waals surface area contributed by atoms with E-state index in [1.165, 1.54) is 6.92 Å². The van der Waals surface area contributed by atoms with Crippen molar-refractivity contribution in [1.82, 2.24) is 0 Å². The molecular weight excluding hydrogens is 334 g/mol. The number of hydrogen-bond donors (Lipinski definition) is 2. The number of nitro benzene ring substituents is 1. The molecule has 0 amide bonds. The van der Waals surface area contributed by atoms with Crippen LogP contribution >= 0.6 is 11.8 Å². The maximum atomic E-state index is 11.4. The summed E-state index contributed by atoms with van der Waals surface area (Å²) in [5.74, 6) is -0.137. The van der Waals surface area contributed by atoms with E-state index < -0.39 is 32.7 Å². The summed E-state index contributed by atoms with van der Waals surface area (Å²) >= 11 is 0.769. The van der Waals surface area contributed by atoms with E-state index in [1.54, 1.807) is 0 Å². The first kappa shape index (κ1) is 18.6. The Morgan fingerprint density at radius 1 is 1.41 bits per heavy atom. The molecule has 0 saturated heterocycles. The highest BCUT2D eigenvalue weighted by molar-refractivity contribution is 8.13. The minimum atomic E-state index is -3.64. The second-order valence-corrected chi connectivity index (χ2v) is 7.78. The first-order valence-corrected chi connectivity index (χ1v) is 8.89. The van der Waals surface area contributed by atoms with Gasteiger partial charge in [-0.05, 0) is 12.1 Å². The Morgan fingerprint density at radius 3 is 2.45 bits per heavy atom. The number of thioether (sulfide) groups is 1. The fourth-order valence-electron chi connectivity index (χ4n) is 1.66. The number of sulfone groups is 1. The highest BCUT2D eigenvalue weighted by Crippen LogP contribution is 2.30. The van der Waals surface area contributed by atoms with Crippen LogP contribution in [0.25, 0.3) is 0 Å². The molecule has 0 radical (unpaired) electrons. The van der Waals surface area contributed by atoms with Crippen molar-refractivity contribution < 1.29 is 28.3 Å². The van der Waals surface area contributed by atoms with Crippen LogP contribution < -0.4 is 0 Å². The lowest BCUT2D eigenvalue weighted by Gasteiger charge is -2.17. The molecule has 0 aliphatic heterocycles. The third-order valence-corrected chi connectivity index (χ3v) is 4.79. The fourth-order valence-corrected chi connectivity index (χ4v) is 2.89. The summed E-state index contributed by atoms with van der Waals surface area (Å²) < 4.78 is 22.8. The van der Waals surface area contributed by atoms with E-state index in [0.717, 1.165) is 36.2 Å². The van der Waals surface area contributed by atoms with E-state index in [1.807, 2.05) is 0 Å². The molecule has 22 heavy (non-hydrogen) atoms. The van der Waals surface area contributed by atoms with Gasteiger partial charge in [-0.25, -0.2) is 8.42 Å². The van der Waals surface area contributed by atoms with Gasteiger partial charge in [-0.2, -0.15) is 0 Å². The molecule has 2 atom stereocenters. The first-order valence-electron chi connectivity index (χ1n) is 6.02. The van der Waals surface area contributed by atoms with Crippen LogP contribution in [0.2, 0.25) is 0 Å². The maximum absolute atomic E-state index is 11.4. The summed E-state index contributed by atoms with van der Waals surface area (Å²) in [6, 6.07) is 3.03. The Labute approximate surface area is 131 Å². The van der Waals surface area contributed by atoms with E-state index in [0.29, 0.717) is 0 Å². The Bertz CT molecular complexity index is 687. The Morgan fingerprint density at radius 2 is 2.00 bits per heavy atom. The van der Waals surface area contributed by atoms with Crippen molar-refractivity contribution in [2.45, 2.75) is 24.0 Å². The van der Waals surface area contributed by atoms with Gasteiger partial charge in [0.05, 0.1) is 21.5 Å². The zero-order valence-corrected chi connectivity index (χ0v) is 13.4. The van der Waals surface area contributed by atoms with Crippen LogP contribution in [0.15, 0.2) is 23.1 Å². The number of aliphatic hydroxyl groups is 2. The fraction of sp³-hybridized carbons (Fsp3) is 0.417. The van der Waals surface area contributed by atoms with Gasteiger partial charge < -0.3 is 10.2 Å². The van der Waals surface area contributed by atoms with Crippen LogP contribution in [0.5, 0.6) is 0 Å². The molecule has 0 aliphatic carbocycles. The normalized spacial score (nSPS) is 14.4. The second-order valence-electron chi connectivity index (χ2n) is 4.56. The molecule has 0 aliphatic rings. The lowest BCUT2D eigenvalue weighted by atomic mass is 10.0. The van der Waals surface area contributed by atoms with Crippen LogP contribution in [0, 0.1) is 10.1 Å². The van der Waals surface area contributed by atoms with E-state index >= 15 is 0 Å². The van der Waals surface area contributed by atoms with Gasteiger partial charge in [0, 0.05) is 25.0 Å². The molecule has 122 valence electrons. The number of nitrogens with zero attached hydrogens (tertiary/aromatic N) is 1. The minimum absolute atomic E-state index is 0.137. The second kappa shape index (κ2) is 7.18. The molecule has 0 spiro atoms. The minimum Gasteiger partial charge on any atom is -0.389 e. The van der Waals surface area contributed by atoms with Crippen molar-refractivity contribution in [2.75, 3.05) is 12.0 Å². The van der Waals surface area contributed by atoms with Crippen molar-refractivity contribution in [2.24, 2.45) is 0 Å². The lowest BCUT2D eigenvalue weighted by Crippen LogP contribution is -2.22. The third kappa shape index (κ3) is 4.77. The molecule has 10 heteroatoms. The molecule has 0 fully saturated rings. The highest BCUT2D eigenvalue weighted by atomic mass is 32.2. The summed E-state index contributed by atoms with van der Waals surface area (Å²) in [4.78, 5) is 20.8. The van der Waals surface area contributed by atoms with Gasteiger partial charge in [-0.1, -0.05) is 11.8 Å². The van der Waals surface area contributed by atoms with Crippen LogP contribution in [0.1, 0.15) is 18.6 Å². The van der Waals surface area contributed by atoms with Crippen LogP contribution in [-0.4, -0.2) is 46.8 Å². The molecule has 8 nitrogen and oxygen atoms in total. The number of hydrogen-bond acceptors (Lipinski definition) is 8. The summed E-state index contributed by atoms with van der Waals surface area (Å²) in [7, 11) is -3.64. The van der Waals surface area contributed by atoms with Crippen LogP contribution in [0.4, 0.5) is 5.69 Å². The quantitative estimate of drug-likeness (QED) is 0.565. The zero-order chi connectivity index (χ0) is 17.1. The Hall–Kier alpha value is -1.49. The van der Waals surface area contributed by atoms with Crippen molar-refractivity contribution in [3.05, 3.63) is 33.9 Å². The molecule has 1 aromatic carbocycles. The largest absolute Gasteiger partial charge is 0.389 e. The van der Waals surface area contributed by atoms with E-state index in [9.17, 15) is 33.5 Å². The van der Waals surface area contributed by atoms with E-state index in [-0.39, 0.29) is 21.3 Å². The average Bonchev–Trinajstić information content (AvgIpc) is 2.42. The summed E-state index contributed by atoms with van der Waals surface area (Å²) in [6.07, 6.45) is -2.11. The standard InChI is InChI=1S/C12H15NO7S2/c1-7(14)21-6-11(15)12(16)9-4-3-8(22(2,19)20)5-10(9)13(17)18/h3-5,11-12,15-16H,6H2,1-2H3. The van der Waals surface area contributed by atoms with Crippen molar-refractivity contribution in [3.8, 4) is 0 Å². The smallest absolute Gasteiger partial charge is 0.276 e. The predicted octanol–water partition coefficient (Wildman–Crippen LogP) is 0.672. The average molecular weight is 349 g/mol. The molecule has 2 unspecified atom stereocenters. The van der Waals surface area contributed by atoms with E-state index in [4.69, 9.17) is 0 Å². The molecule has 2 N–H and O–H groups in total. The van der Waals surface area contributed by atoms with Gasteiger partial charge in [0.25, 0.3) is 5.69 Å². The maximum Gasteiger partial charge on any atom is 0.276 e. The third-order valence-electron chi connectivity index (χ3n) is 2.77. The highest BCUT2D eigenvalue weighted by Gasteiger charge is 2.28. The molecule has 0 saturated carbocycles. The summed E-state index contributed by atoms with van der Waals surface area (Å²) in [6.45, 7) is 1.28. The monoisotopic (exact) mass is 349 g/mol. The number of nitro groups is 1. The number of aliphatic hydroxyl groups excluding tert-OH is 2. The molecule has 0 heterocycles. The topological polar surface area (TPSA) is 135 Å². The Balaban J connectivity index is 3.18. The van der Waals surface area contributed by atoms with Crippen LogP contribution in [-0.2, 0) is 14.6 Å². The number of carbonyl (C=O) groups is 1. The molecule has 0 bridgehead atoms. The molecule has 1 aromatic rings. The number of carbonyl (C=O) groups excluding carboxylic acids is 1. The first-order chi connectivity index (χ1) is 10.0.